The van der Waals surface area contributed by atoms with Gasteiger partial charge in [-0.3, -0.25) is 0 Å². The Morgan fingerprint density at radius 2 is 1.87 bits per heavy atom. The van der Waals surface area contributed by atoms with Gasteiger partial charge in [0.1, 0.15) is 0 Å². The van der Waals surface area contributed by atoms with E-state index in [1.54, 1.807) is 4.72 Å². The number of halogens is 3. The summed E-state index contributed by atoms with van der Waals surface area (Å²) in [6.45, 7) is 0. The summed E-state index contributed by atoms with van der Waals surface area (Å²) in [5.41, 5.74) is 0. The SMILES string of the molecule is O=S1(=O)CC(Cl)C(NS(=O)(=O)C(F)F)C1. The van der Waals surface area contributed by atoms with Crippen LogP contribution in [-0.4, -0.2) is 45.5 Å². The maximum atomic E-state index is 11.9. The summed E-state index contributed by atoms with van der Waals surface area (Å²) in [6.07, 6.45) is 0. The molecule has 15 heavy (non-hydrogen) atoms. The molecule has 90 valence electrons. The topological polar surface area (TPSA) is 80.3 Å². The van der Waals surface area contributed by atoms with E-state index in [9.17, 15) is 25.6 Å². The van der Waals surface area contributed by atoms with Crippen LogP contribution >= 0.6 is 11.6 Å². The Labute approximate surface area is 90.8 Å². The largest absolute Gasteiger partial charge is 0.350 e. The van der Waals surface area contributed by atoms with Crippen molar-refractivity contribution in [2.45, 2.75) is 17.2 Å². The first-order valence-corrected chi connectivity index (χ1v) is 7.58. The quantitative estimate of drug-likeness (QED) is 0.710. The number of nitrogens with one attached hydrogen (secondary N) is 1. The molecule has 0 aromatic carbocycles. The minimum absolute atomic E-state index is 0.412. The fourth-order valence-corrected chi connectivity index (χ4v) is 4.68. The van der Waals surface area contributed by atoms with Crippen LogP contribution in [0.3, 0.4) is 0 Å². The van der Waals surface area contributed by atoms with Gasteiger partial charge in [-0.25, -0.2) is 21.6 Å². The van der Waals surface area contributed by atoms with E-state index < -0.39 is 48.5 Å². The molecule has 1 saturated heterocycles. The second-order valence-corrected chi connectivity index (χ2v) is 7.52. The Balaban J connectivity index is 2.78. The lowest BCUT2D eigenvalue weighted by atomic mass is 10.3. The molecule has 0 saturated carbocycles. The number of hydrogen-bond acceptors (Lipinski definition) is 4. The standard InChI is InChI=1S/C5H8ClF2NO4S2/c6-3-1-14(10,11)2-4(3)9-15(12,13)5(7)8/h3-5,9H,1-2H2. The Morgan fingerprint density at radius 1 is 1.33 bits per heavy atom. The van der Waals surface area contributed by atoms with Gasteiger partial charge < -0.3 is 0 Å². The zero-order valence-corrected chi connectivity index (χ0v) is 9.62. The predicted molar refractivity (Wildman–Crippen MR) is 50.1 cm³/mol. The van der Waals surface area contributed by atoms with Gasteiger partial charge in [0, 0.05) is 0 Å². The number of sulfone groups is 1. The van der Waals surface area contributed by atoms with Gasteiger partial charge in [0.25, 0.3) is 10.0 Å². The van der Waals surface area contributed by atoms with Gasteiger partial charge in [-0.05, 0) is 0 Å². The summed E-state index contributed by atoms with van der Waals surface area (Å²) >= 11 is 5.52. The van der Waals surface area contributed by atoms with E-state index in [4.69, 9.17) is 11.6 Å². The van der Waals surface area contributed by atoms with Crippen molar-refractivity contribution in [3.63, 3.8) is 0 Å². The van der Waals surface area contributed by atoms with Crippen LogP contribution in [0, 0.1) is 0 Å². The first-order chi connectivity index (χ1) is 6.64. The van der Waals surface area contributed by atoms with Crippen LogP contribution in [-0.2, 0) is 19.9 Å². The highest BCUT2D eigenvalue weighted by Gasteiger charge is 2.40. The second-order valence-electron chi connectivity index (χ2n) is 3.12. The molecule has 1 heterocycles. The number of sulfonamides is 1. The summed E-state index contributed by atoms with van der Waals surface area (Å²) < 4.78 is 68.9. The lowest BCUT2D eigenvalue weighted by molar-refractivity contribution is 0.231. The molecular formula is C5H8ClF2NO4S2. The molecule has 2 atom stereocenters. The van der Waals surface area contributed by atoms with E-state index in [1.165, 1.54) is 0 Å². The van der Waals surface area contributed by atoms with Crippen LogP contribution in [0.4, 0.5) is 8.78 Å². The zero-order valence-electron chi connectivity index (χ0n) is 7.23. The van der Waals surface area contributed by atoms with Gasteiger partial charge in [-0.1, -0.05) is 0 Å². The number of rotatable bonds is 3. The fraction of sp³-hybridized carbons (Fsp3) is 1.00. The molecule has 1 rings (SSSR count). The Morgan fingerprint density at radius 3 is 2.20 bits per heavy atom. The third-order valence-corrected chi connectivity index (χ3v) is 5.31. The van der Waals surface area contributed by atoms with Crippen LogP contribution in [0.15, 0.2) is 0 Å². The molecule has 2 unspecified atom stereocenters. The third-order valence-electron chi connectivity index (χ3n) is 1.83. The Kier molecular flexibility index (Phi) is 3.59. The van der Waals surface area contributed by atoms with Crippen molar-refractivity contribution in [3.05, 3.63) is 0 Å². The molecule has 0 radical (unpaired) electrons. The normalized spacial score (nSPS) is 30.9. The fourth-order valence-electron chi connectivity index (χ4n) is 1.18. The van der Waals surface area contributed by atoms with Gasteiger partial charge in [0.05, 0.1) is 22.9 Å². The van der Waals surface area contributed by atoms with Crippen LogP contribution in [0.25, 0.3) is 0 Å². The first-order valence-electron chi connectivity index (χ1n) is 3.78. The highest BCUT2D eigenvalue weighted by Crippen LogP contribution is 2.19. The molecule has 1 fully saturated rings. The molecule has 0 aromatic heterocycles. The predicted octanol–water partition coefficient (Wildman–Crippen LogP) is -0.467. The molecule has 0 bridgehead atoms. The summed E-state index contributed by atoms with van der Waals surface area (Å²) in [4.78, 5) is 0. The molecule has 0 spiro atoms. The van der Waals surface area contributed by atoms with E-state index in [1.807, 2.05) is 0 Å². The smallest absolute Gasteiger partial charge is 0.229 e. The first kappa shape index (κ1) is 13.1. The monoisotopic (exact) mass is 283 g/mol. The van der Waals surface area contributed by atoms with Crippen molar-refractivity contribution in [3.8, 4) is 0 Å². The van der Waals surface area contributed by atoms with Crippen LogP contribution in [0.1, 0.15) is 0 Å². The molecule has 1 N–H and O–H groups in total. The average Bonchev–Trinajstić information content (AvgIpc) is 2.23. The Hall–Kier alpha value is 0.01000. The summed E-state index contributed by atoms with van der Waals surface area (Å²) in [7, 11) is -8.24. The lowest BCUT2D eigenvalue weighted by Gasteiger charge is -2.13. The highest BCUT2D eigenvalue weighted by atomic mass is 35.5. The summed E-state index contributed by atoms with van der Waals surface area (Å²) in [5.74, 6) is -4.55. The van der Waals surface area contributed by atoms with Crippen molar-refractivity contribution < 1.29 is 25.6 Å². The maximum absolute atomic E-state index is 11.9. The summed E-state index contributed by atoms with van der Waals surface area (Å²) in [5, 5.41) is -1.01. The van der Waals surface area contributed by atoms with Gasteiger partial charge in [0.15, 0.2) is 9.84 Å². The van der Waals surface area contributed by atoms with Crippen LogP contribution < -0.4 is 4.72 Å². The molecule has 5 nitrogen and oxygen atoms in total. The van der Waals surface area contributed by atoms with Crippen molar-refractivity contribution >= 4 is 31.5 Å². The molecular weight excluding hydrogens is 276 g/mol. The molecule has 0 amide bonds. The number of alkyl halides is 3. The maximum Gasteiger partial charge on any atom is 0.350 e. The lowest BCUT2D eigenvalue weighted by Crippen LogP contribution is -2.43. The minimum Gasteiger partial charge on any atom is -0.229 e. The van der Waals surface area contributed by atoms with Crippen molar-refractivity contribution in [1.82, 2.24) is 4.72 Å². The van der Waals surface area contributed by atoms with E-state index in [0.29, 0.717) is 0 Å². The molecule has 1 aliphatic heterocycles. The number of hydrogen-bond donors (Lipinski definition) is 1. The molecule has 0 aliphatic carbocycles. The molecule has 0 aromatic rings. The zero-order chi connectivity index (χ0) is 11.9. The summed E-state index contributed by atoms with van der Waals surface area (Å²) in [6, 6.07) is -1.18. The van der Waals surface area contributed by atoms with Gasteiger partial charge >= 0.3 is 5.76 Å². The Bertz CT molecular complexity index is 434. The van der Waals surface area contributed by atoms with E-state index in [0.717, 1.165) is 0 Å². The molecule has 1 aliphatic rings. The minimum atomic E-state index is -4.80. The van der Waals surface area contributed by atoms with Crippen molar-refractivity contribution in [2.24, 2.45) is 0 Å². The molecule has 10 heteroatoms. The van der Waals surface area contributed by atoms with Gasteiger partial charge in [-0.2, -0.15) is 8.78 Å². The third kappa shape index (κ3) is 3.23. The highest BCUT2D eigenvalue weighted by molar-refractivity contribution is 7.92. The van der Waals surface area contributed by atoms with Crippen molar-refractivity contribution in [1.29, 1.82) is 0 Å². The van der Waals surface area contributed by atoms with E-state index in [-0.39, 0.29) is 0 Å². The van der Waals surface area contributed by atoms with E-state index in [2.05, 4.69) is 0 Å². The second kappa shape index (κ2) is 4.11. The van der Waals surface area contributed by atoms with Crippen molar-refractivity contribution in [2.75, 3.05) is 11.5 Å². The van der Waals surface area contributed by atoms with Gasteiger partial charge in [0.2, 0.25) is 0 Å². The van der Waals surface area contributed by atoms with Crippen LogP contribution in [0.5, 0.6) is 0 Å². The van der Waals surface area contributed by atoms with E-state index >= 15 is 0 Å². The average molecular weight is 284 g/mol. The van der Waals surface area contributed by atoms with Crippen LogP contribution in [0.2, 0.25) is 0 Å². The van der Waals surface area contributed by atoms with Gasteiger partial charge in [-0.15, -0.1) is 11.6 Å².